The minimum absolute atomic E-state index is 0.137. The van der Waals surface area contributed by atoms with Crippen LogP contribution in [0.25, 0.3) is 0 Å². The van der Waals surface area contributed by atoms with Gasteiger partial charge >= 0.3 is 0 Å². The maximum Gasteiger partial charge on any atom is 0.257 e. The van der Waals surface area contributed by atoms with Gasteiger partial charge in [0, 0.05) is 24.1 Å². The normalized spacial score (nSPS) is 13.2. The molecule has 1 aromatic heterocycles. The predicted octanol–water partition coefficient (Wildman–Crippen LogP) is 5.04. The van der Waals surface area contributed by atoms with Crippen LogP contribution in [0.3, 0.4) is 0 Å². The summed E-state index contributed by atoms with van der Waals surface area (Å²) >= 11 is 0. The van der Waals surface area contributed by atoms with Gasteiger partial charge in [0.2, 0.25) is 0 Å². The Morgan fingerprint density at radius 3 is 2.70 bits per heavy atom. The van der Waals surface area contributed by atoms with Crippen LogP contribution in [0.4, 0.5) is 17.2 Å². The van der Waals surface area contributed by atoms with E-state index in [-0.39, 0.29) is 5.91 Å². The summed E-state index contributed by atoms with van der Waals surface area (Å²) in [6.07, 6.45) is 3.86. The average molecular weight is 357 g/mol. The third-order valence-corrected chi connectivity index (χ3v) is 5.25. The van der Waals surface area contributed by atoms with E-state index in [4.69, 9.17) is 0 Å². The average Bonchev–Trinajstić information content (AvgIpc) is 2.71. The summed E-state index contributed by atoms with van der Waals surface area (Å²) in [5.74, 6) is 0.743. The van der Waals surface area contributed by atoms with Crippen molar-refractivity contribution in [3.05, 3.63) is 83.0 Å². The quantitative estimate of drug-likeness (QED) is 0.715. The van der Waals surface area contributed by atoms with Gasteiger partial charge < -0.3 is 10.2 Å². The molecule has 0 saturated heterocycles. The molecule has 4 rings (SSSR count). The number of hydrogen-bond donors (Lipinski definition) is 1. The topological polar surface area (TPSA) is 45.2 Å². The Bertz CT molecular complexity index is 979. The molecule has 0 aliphatic carbocycles. The van der Waals surface area contributed by atoms with Gasteiger partial charge in [0.1, 0.15) is 5.82 Å². The van der Waals surface area contributed by atoms with Crippen LogP contribution >= 0.6 is 0 Å². The number of aromatic nitrogens is 1. The van der Waals surface area contributed by atoms with E-state index in [1.54, 1.807) is 6.20 Å². The van der Waals surface area contributed by atoms with Crippen LogP contribution < -0.4 is 10.2 Å². The standard InChI is InChI=1S/C23H23N3O/c1-16-7-5-10-20(17(16)2)25-23(27)19-12-13-22(24-15-19)26-14-6-9-18-8-3-4-11-21(18)26/h3-5,7-8,10-13,15H,6,9,14H2,1-2H3,(H,25,27). The van der Waals surface area contributed by atoms with Gasteiger partial charge in [-0.25, -0.2) is 4.98 Å². The zero-order chi connectivity index (χ0) is 18.8. The molecule has 3 aromatic rings. The Kier molecular flexibility index (Phi) is 4.63. The van der Waals surface area contributed by atoms with Crippen molar-refractivity contribution in [1.29, 1.82) is 0 Å². The lowest BCUT2D eigenvalue weighted by molar-refractivity contribution is 0.102. The molecule has 136 valence electrons. The second-order valence-electron chi connectivity index (χ2n) is 6.99. The summed E-state index contributed by atoms with van der Waals surface area (Å²) in [4.78, 5) is 19.4. The number of nitrogens with one attached hydrogen (secondary N) is 1. The molecule has 1 aliphatic heterocycles. The number of carbonyl (C=O) groups excluding carboxylic acids is 1. The van der Waals surface area contributed by atoms with Gasteiger partial charge in [0.15, 0.2) is 0 Å². The number of para-hydroxylation sites is 1. The molecule has 4 nitrogen and oxygen atoms in total. The lowest BCUT2D eigenvalue weighted by Gasteiger charge is -2.30. The highest BCUT2D eigenvalue weighted by Gasteiger charge is 2.19. The van der Waals surface area contributed by atoms with Crippen LogP contribution in [0, 0.1) is 13.8 Å². The first kappa shape index (κ1) is 17.3. The summed E-state index contributed by atoms with van der Waals surface area (Å²) in [5.41, 5.74) is 6.20. The molecule has 0 saturated carbocycles. The fourth-order valence-electron chi connectivity index (χ4n) is 3.53. The van der Waals surface area contributed by atoms with E-state index in [1.165, 1.54) is 11.3 Å². The van der Waals surface area contributed by atoms with Crippen molar-refractivity contribution in [3.8, 4) is 0 Å². The van der Waals surface area contributed by atoms with Crippen LogP contribution in [-0.2, 0) is 6.42 Å². The molecule has 0 fully saturated rings. The number of anilines is 3. The van der Waals surface area contributed by atoms with E-state index in [1.807, 2.05) is 44.2 Å². The first-order valence-corrected chi connectivity index (χ1v) is 9.32. The minimum atomic E-state index is -0.137. The maximum absolute atomic E-state index is 12.6. The second kappa shape index (κ2) is 7.23. The summed E-state index contributed by atoms with van der Waals surface area (Å²) in [6, 6.07) is 18.1. The fraction of sp³-hybridized carbons (Fsp3) is 0.217. The van der Waals surface area contributed by atoms with Gasteiger partial charge in [0.05, 0.1) is 5.56 Å². The zero-order valence-electron chi connectivity index (χ0n) is 15.7. The van der Waals surface area contributed by atoms with Gasteiger partial charge in [0.25, 0.3) is 5.91 Å². The number of aryl methyl sites for hydroxylation is 2. The molecule has 0 bridgehead atoms. The largest absolute Gasteiger partial charge is 0.326 e. The predicted molar refractivity (Wildman–Crippen MR) is 110 cm³/mol. The summed E-state index contributed by atoms with van der Waals surface area (Å²) in [5, 5.41) is 2.99. The van der Waals surface area contributed by atoms with Crippen LogP contribution in [0.2, 0.25) is 0 Å². The molecule has 0 spiro atoms. The van der Waals surface area contributed by atoms with Crippen LogP contribution in [0.1, 0.15) is 33.5 Å². The highest BCUT2D eigenvalue weighted by Crippen LogP contribution is 2.32. The highest BCUT2D eigenvalue weighted by atomic mass is 16.1. The van der Waals surface area contributed by atoms with Gasteiger partial charge in [-0.05, 0) is 67.6 Å². The van der Waals surface area contributed by atoms with E-state index in [9.17, 15) is 4.79 Å². The number of hydrogen-bond acceptors (Lipinski definition) is 3. The van der Waals surface area contributed by atoms with E-state index >= 15 is 0 Å². The van der Waals surface area contributed by atoms with Crippen molar-refractivity contribution < 1.29 is 4.79 Å². The van der Waals surface area contributed by atoms with E-state index in [0.717, 1.165) is 42.0 Å². The molecule has 0 unspecified atom stereocenters. The van der Waals surface area contributed by atoms with Gasteiger partial charge in [-0.1, -0.05) is 30.3 Å². The molecule has 1 aliphatic rings. The van der Waals surface area contributed by atoms with Gasteiger partial charge in [-0.2, -0.15) is 0 Å². The van der Waals surface area contributed by atoms with Crippen molar-refractivity contribution in [2.24, 2.45) is 0 Å². The molecule has 1 N–H and O–H groups in total. The van der Waals surface area contributed by atoms with Crippen molar-refractivity contribution >= 4 is 23.1 Å². The van der Waals surface area contributed by atoms with Crippen molar-refractivity contribution in [1.82, 2.24) is 4.98 Å². The Labute approximate surface area is 159 Å². The number of benzene rings is 2. The third kappa shape index (κ3) is 3.43. The van der Waals surface area contributed by atoms with Crippen molar-refractivity contribution in [2.75, 3.05) is 16.8 Å². The smallest absolute Gasteiger partial charge is 0.257 e. The second-order valence-corrected chi connectivity index (χ2v) is 6.99. The SMILES string of the molecule is Cc1cccc(NC(=O)c2ccc(N3CCCc4ccccc43)nc2)c1C. The summed E-state index contributed by atoms with van der Waals surface area (Å²) in [6.45, 7) is 5.00. The number of pyridine rings is 1. The van der Waals surface area contributed by atoms with Gasteiger partial charge in [-0.3, -0.25) is 4.79 Å². The molecular weight excluding hydrogens is 334 g/mol. The van der Waals surface area contributed by atoms with Crippen molar-refractivity contribution in [2.45, 2.75) is 26.7 Å². The first-order chi connectivity index (χ1) is 13.1. The zero-order valence-corrected chi connectivity index (χ0v) is 15.7. The number of fused-ring (bicyclic) bond motifs is 1. The Hall–Kier alpha value is -3.14. The number of rotatable bonds is 3. The summed E-state index contributed by atoms with van der Waals surface area (Å²) in [7, 11) is 0. The summed E-state index contributed by atoms with van der Waals surface area (Å²) < 4.78 is 0. The molecule has 0 radical (unpaired) electrons. The van der Waals surface area contributed by atoms with E-state index in [2.05, 4.69) is 39.5 Å². The monoisotopic (exact) mass is 357 g/mol. The van der Waals surface area contributed by atoms with E-state index < -0.39 is 0 Å². The van der Waals surface area contributed by atoms with Gasteiger partial charge in [-0.15, -0.1) is 0 Å². The molecule has 27 heavy (non-hydrogen) atoms. The fourth-order valence-corrected chi connectivity index (χ4v) is 3.53. The molecular formula is C23H23N3O. The molecule has 1 amide bonds. The van der Waals surface area contributed by atoms with Crippen molar-refractivity contribution in [3.63, 3.8) is 0 Å². The van der Waals surface area contributed by atoms with Crippen LogP contribution in [0.15, 0.2) is 60.8 Å². The Morgan fingerprint density at radius 1 is 1.04 bits per heavy atom. The molecule has 4 heteroatoms. The number of carbonyl (C=O) groups is 1. The van der Waals surface area contributed by atoms with Crippen LogP contribution in [-0.4, -0.2) is 17.4 Å². The molecule has 2 aromatic carbocycles. The lowest BCUT2D eigenvalue weighted by atomic mass is 10.0. The number of amides is 1. The Morgan fingerprint density at radius 2 is 1.89 bits per heavy atom. The Balaban J connectivity index is 1.54. The molecule has 2 heterocycles. The lowest BCUT2D eigenvalue weighted by Crippen LogP contribution is -2.25. The molecule has 0 atom stereocenters. The maximum atomic E-state index is 12.6. The highest BCUT2D eigenvalue weighted by molar-refractivity contribution is 6.04. The van der Waals surface area contributed by atoms with E-state index in [0.29, 0.717) is 5.56 Å². The third-order valence-electron chi connectivity index (χ3n) is 5.25. The minimum Gasteiger partial charge on any atom is -0.326 e. The van der Waals surface area contributed by atoms with Crippen LogP contribution in [0.5, 0.6) is 0 Å². The number of nitrogens with zero attached hydrogens (tertiary/aromatic N) is 2. The first-order valence-electron chi connectivity index (χ1n) is 9.32.